The van der Waals surface area contributed by atoms with Gasteiger partial charge in [-0.1, -0.05) is 55.5 Å². The lowest BCUT2D eigenvalue weighted by Gasteiger charge is -2.09. The molecule has 17 heavy (non-hydrogen) atoms. The highest BCUT2D eigenvalue weighted by molar-refractivity contribution is 6.01. The molecule has 0 unspecified atom stereocenters. The molecule has 86 valence electrons. The first-order valence-electron chi connectivity index (χ1n) is 5.75. The van der Waals surface area contributed by atoms with E-state index in [9.17, 15) is 0 Å². The number of aryl methyl sites for hydroxylation is 1. The van der Waals surface area contributed by atoms with Crippen molar-refractivity contribution in [2.75, 3.05) is 0 Å². The number of benzene rings is 2. The third-order valence-corrected chi connectivity index (χ3v) is 2.86. The second kappa shape index (κ2) is 4.83. The summed E-state index contributed by atoms with van der Waals surface area (Å²) in [6, 6.07) is 16.1. The van der Waals surface area contributed by atoms with Gasteiger partial charge in [0.1, 0.15) is 5.84 Å². The molecule has 0 fully saturated rings. The Labute approximate surface area is 102 Å². The summed E-state index contributed by atoms with van der Waals surface area (Å²) in [6.45, 7) is 2.13. The van der Waals surface area contributed by atoms with Gasteiger partial charge in [0, 0.05) is 5.56 Å². The molecular weight excluding hydrogens is 208 g/mol. The van der Waals surface area contributed by atoms with Crippen LogP contribution in [0, 0.1) is 5.41 Å². The Morgan fingerprint density at radius 2 is 1.88 bits per heavy atom. The van der Waals surface area contributed by atoms with Crippen molar-refractivity contribution in [3.63, 3.8) is 0 Å². The first-order chi connectivity index (χ1) is 8.22. The number of amidine groups is 1. The van der Waals surface area contributed by atoms with Gasteiger partial charge < -0.3 is 5.73 Å². The topological polar surface area (TPSA) is 49.9 Å². The van der Waals surface area contributed by atoms with E-state index < -0.39 is 0 Å². The van der Waals surface area contributed by atoms with Gasteiger partial charge in [-0.25, -0.2) is 0 Å². The molecule has 0 saturated heterocycles. The maximum atomic E-state index is 7.60. The molecule has 0 spiro atoms. The van der Waals surface area contributed by atoms with Gasteiger partial charge in [0.2, 0.25) is 0 Å². The van der Waals surface area contributed by atoms with E-state index >= 15 is 0 Å². The molecule has 0 heterocycles. The Bertz CT molecular complexity index is 544. The van der Waals surface area contributed by atoms with Gasteiger partial charge in [-0.05, 0) is 23.1 Å². The van der Waals surface area contributed by atoms with Crippen molar-refractivity contribution in [1.29, 1.82) is 5.41 Å². The first-order valence-corrected chi connectivity index (χ1v) is 5.75. The second-order valence-electron chi connectivity index (χ2n) is 4.01. The van der Waals surface area contributed by atoms with Crippen LogP contribution in [0.4, 0.5) is 0 Å². The zero-order chi connectivity index (χ0) is 12.3. The van der Waals surface area contributed by atoms with Crippen LogP contribution in [0.1, 0.15) is 18.1 Å². The van der Waals surface area contributed by atoms with E-state index in [2.05, 4.69) is 25.1 Å². The minimum Gasteiger partial charge on any atom is -0.384 e. The molecule has 0 aliphatic carbocycles. The van der Waals surface area contributed by atoms with Gasteiger partial charge >= 0.3 is 0 Å². The van der Waals surface area contributed by atoms with E-state index in [4.69, 9.17) is 11.1 Å². The van der Waals surface area contributed by atoms with Crippen molar-refractivity contribution in [3.8, 4) is 11.1 Å². The number of nitrogens with two attached hydrogens (primary N) is 1. The zero-order valence-corrected chi connectivity index (χ0v) is 9.90. The quantitative estimate of drug-likeness (QED) is 0.610. The van der Waals surface area contributed by atoms with Gasteiger partial charge in [-0.3, -0.25) is 5.41 Å². The van der Waals surface area contributed by atoms with Crippen molar-refractivity contribution in [2.45, 2.75) is 13.3 Å². The molecule has 3 N–H and O–H groups in total. The normalized spacial score (nSPS) is 10.2. The molecule has 0 bridgehead atoms. The highest BCUT2D eigenvalue weighted by Crippen LogP contribution is 2.24. The molecule has 0 radical (unpaired) electrons. The summed E-state index contributed by atoms with van der Waals surface area (Å²) in [4.78, 5) is 0. The largest absolute Gasteiger partial charge is 0.384 e. The van der Waals surface area contributed by atoms with Crippen LogP contribution >= 0.6 is 0 Å². The molecule has 2 nitrogen and oxygen atoms in total. The average molecular weight is 224 g/mol. The highest BCUT2D eigenvalue weighted by Gasteiger charge is 2.06. The van der Waals surface area contributed by atoms with Gasteiger partial charge in [0.25, 0.3) is 0 Å². The summed E-state index contributed by atoms with van der Waals surface area (Å²) in [6.07, 6.45) is 1.01. The van der Waals surface area contributed by atoms with Crippen molar-refractivity contribution in [1.82, 2.24) is 0 Å². The third kappa shape index (κ3) is 2.36. The van der Waals surface area contributed by atoms with Crippen molar-refractivity contribution in [3.05, 3.63) is 59.7 Å². The van der Waals surface area contributed by atoms with E-state index in [1.54, 1.807) is 0 Å². The van der Waals surface area contributed by atoms with Crippen LogP contribution in [-0.4, -0.2) is 5.84 Å². The maximum absolute atomic E-state index is 7.60. The molecule has 2 aromatic carbocycles. The molecule has 2 aromatic rings. The van der Waals surface area contributed by atoms with Crippen LogP contribution in [0.2, 0.25) is 0 Å². The SMILES string of the molecule is CCc1cccc(-c2ccccc2C(=N)N)c1. The number of nitrogens with one attached hydrogen (secondary N) is 1. The van der Waals surface area contributed by atoms with Crippen molar-refractivity contribution in [2.24, 2.45) is 5.73 Å². The number of nitrogen functional groups attached to an aromatic ring is 1. The molecule has 0 aromatic heterocycles. The Kier molecular flexibility index (Phi) is 3.24. The fourth-order valence-corrected chi connectivity index (χ4v) is 1.93. The third-order valence-electron chi connectivity index (χ3n) is 2.86. The standard InChI is InChI=1S/C15H16N2/c1-2-11-6-5-7-12(10-11)13-8-3-4-9-14(13)15(16)17/h3-10H,2H2,1H3,(H3,16,17). The van der Waals surface area contributed by atoms with Crippen LogP contribution in [0.3, 0.4) is 0 Å². The molecule has 2 rings (SSSR count). The minimum absolute atomic E-state index is 0.113. The summed E-state index contributed by atoms with van der Waals surface area (Å²) in [7, 11) is 0. The van der Waals surface area contributed by atoms with E-state index in [-0.39, 0.29) is 5.84 Å². The molecule has 0 aliphatic heterocycles. The lowest BCUT2D eigenvalue weighted by molar-refractivity contribution is 1.14. The predicted molar refractivity (Wildman–Crippen MR) is 72.3 cm³/mol. The molecular formula is C15H16N2. The van der Waals surface area contributed by atoms with Crippen molar-refractivity contribution < 1.29 is 0 Å². The summed E-state index contributed by atoms with van der Waals surface area (Å²) < 4.78 is 0. The highest BCUT2D eigenvalue weighted by atomic mass is 14.7. The predicted octanol–water partition coefficient (Wildman–Crippen LogP) is 3.20. The zero-order valence-electron chi connectivity index (χ0n) is 9.90. The Balaban J connectivity index is 2.56. The summed E-state index contributed by atoms with van der Waals surface area (Å²) in [5.74, 6) is 0.113. The van der Waals surface area contributed by atoms with Crippen LogP contribution < -0.4 is 5.73 Å². The maximum Gasteiger partial charge on any atom is 0.123 e. The average Bonchev–Trinajstić information content (AvgIpc) is 2.39. The fourth-order valence-electron chi connectivity index (χ4n) is 1.93. The van der Waals surface area contributed by atoms with Crippen LogP contribution in [-0.2, 0) is 6.42 Å². The lowest BCUT2D eigenvalue weighted by atomic mass is 9.97. The Hall–Kier alpha value is -2.09. The minimum atomic E-state index is 0.113. The molecule has 0 aliphatic rings. The van der Waals surface area contributed by atoms with Gasteiger partial charge in [0.15, 0.2) is 0 Å². The van der Waals surface area contributed by atoms with E-state index in [1.165, 1.54) is 5.56 Å². The lowest BCUT2D eigenvalue weighted by Crippen LogP contribution is -2.12. The molecule has 0 atom stereocenters. The van der Waals surface area contributed by atoms with Gasteiger partial charge in [-0.2, -0.15) is 0 Å². The monoisotopic (exact) mass is 224 g/mol. The number of rotatable bonds is 3. The smallest absolute Gasteiger partial charge is 0.123 e. The molecule has 2 heteroatoms. The summed E-state index contributed by atoms with van der Waals surface area (Å²) in [5, 5.41) is 7.60. The van der Waals surface area contributed by atoms with Crippen molar-refractivity contribution >= 4 is 5.84 Å². The van der Waals surface area contributed by atoms with E-state index in [1.807, 2.05) is 30.3 Å². The Morgan fingerprint density at radius 1 is 1.12 bits per heavy atom. The summed E-state index contributed by atoms with van der Waals surface area (Å²) in [5.41, 5.74) is 9.83. The Morgan fingerprint density at radius 3 is 2.59 bits per heavy atom. The molecule has 0 amide bonds. The first kappa shape index (κ1) is 11.4. The van der Waals surface area contributed by atoms with Crippen LogP contribution in [0.15, 0.2) is 48.5 Å². The van der Waals surface area contributed by atoms with Gasteiger partial charge in [-0.15, -0.1) is 0 Å². The fraction of sp³-hybridized carbons (Fsp3) is 0.133. The van der Waals surface area contributed by atoms with E-state index in [0.717, 1.165) is 23.1 Å². The van der Waals surface area contributed by atoms with Gasteiger partial charge in [0.05, 0.1) is 0 Å². The molecule has 0 saturated carbocycles. The van der Waals surface area contributed by atoms with E-state index in [0.29, 0.717) is 0 Å². The summed E-state index contributed by atoms with van der Waals surface area (Å²) >= 11 is 0. The van der Waals surface area contributed by atoms with Crippen LogP contribution in [0.5, 0.6) is 0 Å². The number of hydrogen-bond donors (Lipinski definition) is 2. The van der Waals surface area contributed by atoms with Crippen LogP contribution in [0.25, 0.3) is 11.1 Å². The number of hydrogen-bond acceptors (Lipinski definition) is 1. The second-order valence-corrected chi connectivity index (χ2v) is 4.01.